The Labute approximate surface area is 114 Å². The van der Waals surface area contributed by atoms with Crippen LogP contribution in [-0.4, -0.2) is 15.7 Å². The van der Waals surface area contributed by atoms with E-state index in [1.165, 1.54) is 7.05 Å². The fourth-order valence-corrected chi connectivity index (χ4v) is 1.62. The van der Waals surface area contributed by atoms with Crippen LogP contribution < -0.4 is 11.1 Å². The molecule has 0 saturated heterocycles. The summed E-state index contributed by atoms with van der Waals surface area (Å²) in [7, 11) is 1.31. The molecule has 1 aromatic heterocycles. The van der Waals surface area contributed by atoms with Gasteiger partial charge in [-0.3, -0.25) is 9.48 Å². The lowest BCUT2D eigenvalue weighted by molar-refractivity contribution is 0.101. The van der Waals surface area contributed by atoms with Gasteiger partial charge in [-0.1, -0.05) is 0 Å². The summed E-state index contributed by atoms with van der Waals surface area (Å²) in [6.45, 7) is 0. The number of carbonyl (C=O) groups excluding carboxylic acids is 1. The van der Waals surface area contributed by atoms with Crippen LogP contribution in [-0.2, 0) is 7.05 Å². The minimum absolute atomic E-state index is 0.126. The summed E-state index contributed by atoms with van der Waals surface area (Å²) >= 11 is 0. The van der Waals surface area contributed by atoms with Crippen LogP contribution in [0.4, 0.5) is 33.3 Å². The summed E-state index contributed by atoms with van der Waals surface area (Å²) in [6.07, 6.45) is 1.09. The van der Waals surface area contributed by atoms with Crippen molar-refractivity contribution in [2.75, 3.05) is 11.1 Å². The molecule has 3 N–H and O–H groups in total. The predicted octanol–water partition coefficient (Wildman–Crippen LogP) is 1.95. The van der Waals surface area contributed by atoms with E-state index in [2.05, 4.69) is 5.10 Å². The van der Waals surface area contributed by atoms with E-state index >= 15 is 0 Å². The summed E-state index contributed by atoms with van der Waals surface area (Å²) in [6, 6.07) is 0. The summed E-state index contributed by atoms with van der Waals surface area (Å²) in [5.74, 6) is -12.1. The van der Waals surface area contributed by atoms with E-state index in [1.807, 2.05) is 0 Å². The Morgan fingerprint density at radius 3 is 2.00 bits per heavy atom. The normalized spacial score (nSPS) is 10.8. The molecule has 0 unspecified atom stereocenters. The molecule has 1 heterocycles. The van der Waals surface area contributed by atoms with Crippen molar-refractivity contribution in [2.45, 2.75) is 0 Å². The van der Waals surface area contributed by atoms with E-state index in [9.17, 15) is 26.7 Å². The van der Waals surface area contributed by atoms with E-state index in [0.29, 0.717) is 0 Å². The van der Waals surface area contributed by atoms with Crippen LogP contribution in [0.2, 0.25) is 0 Å². The maximum absolute atomic E-state index is 13.4. The molecular weight excluding hydrogens is 299 g/mol. The number of hydrogen-bond acceptors (Lipinski definition) is 3. The van der Waals surface area contributed by atoms with Crippen molar-refractivity contribution in [1.29, 1.82) is 0 Å². The number of benzene rings is 1. The second-order valence-electron chi connectivity index (χ2n) is 3.97. The van der Waals surface area contributed by atoms with E-state index in [4.69, 9.17) is 5.73 Å². The van der Waals surface area contributed by atoms with Gasteiger partial charge in [-0.05, 0) is 0 Å². The van der Waals surface area contributed by atoms with Gasteiger partial charge >= 0.3 is 0 Å². The summed E-state index contributed by atoms with van der Waals surface area (Å²) in [5.41, 5.74) is 3.54. The van der Waals surface area contributed by atoms with Gasteiger partial charge in [0.25, 0.3) is 5.91 Å². The zero-order chi connectivity index (χ0) is 15.9. The van der Waals surface area contributed by atoms with E-state index in [-0.39, 0.29) is 11.4 Å². The second-order valence-corrected chi connectivity index (χ2v) is 3.97. The van der Waals surface area contributed by atoms with Crippen molar-refractivity contribution in [3.05, 3.63) is 41.0 Å². The molecule has 0 aliphatic rings. The predicted molar refractivity (Wildman–Crippen MR) is 61.8 cm³/mol. The van der Waals surface area contributed by atoms with Gasteiger partial charge < -0.3 is 11.1 Å². The highest BCUT2D eigenvalue weighted by Gasteiger charge is 2.28. The van der Waals surface area contributed by atoms with Crippen LogP contribution >= 0.6 is 0 Å². The summed E-state index contributed by atoms with van der Waals surface area (Å²) < 4.78 is 66.7. The van der Waals surface area contributed by atoms with Crippen molar-refractivity contribution in [3.63, 3.8) is 0 Å². The maximum Gasteiger partial charge on any atom is 0.276 e. The van der Waals surface area contributed by atoms with Gasteiger partial charge in [-0.2, -0.15) is 5.10 Å². The molecule has 5 nitrogen and oxygen atoms in total. The van der Waals surface area contributed by atoms with E-state index < -0.39 is 40.7 Å². The standard InChI is InChI=1S/C11H7F5N4O/c1-20-10(3(17)2-18-20)11(21)19-9-7(15)5(13)4(12)6(14)8(9)16/h2H,17H2,1H3,(H,19,21). The Morgan fingerprint density at radius 1 is 1.10 bits per heavy atom. The number of nitrogens with one attached hydrogen (secondary N) is 1. The van der Waals surface area contributed by atoms with Crippen molar-refractivity contribution < 1.29 is 26.7 Å². The van der Waals surface area contributed by atoms with Crippen LogP contribution in [0.5, 0.6) is 0 Å². The molecule has 0 fully saturated rings. The highest BCUT2D eigenvalue weighted by Crippen LogP contribution is 2.27. The highest BCUT2D eigenvalue weighted by molar-refractivity contribution is 6.06. The first-order valence-corrected chi connectivity index (χ1v) is 5.36. The van der Waals surface area contributed by atoms with Gasteiger partial charge in [0.15, 0.2) is 23.3 Å². The monoisotopic (exact) mass is 306 g/mol. The molecule has 1 aromatic carbocycles. The molecule has 0 atom stereocenters. The zero-order valence-corrected chi connectivity index (χ0v) is 10.3. The molecule has 1 amide bonds. The SMILES string of the molecule is Cn1ncc(N)c1C(=O)Nc1c(F)c(F)c(F)c(F)c1F. The Morgan fingerprint density at radius 2 is 1.57 bits per heavy atom. The van der Waals surface area contributed by atoms with Crippen molar-refractivity contribution in [2.24, 2.45) is 7.05 Å². The fraction of sp³-hybridized carbons (Fsp3) is 0.0909. The molecule has 2 rings (SSSR count). The lowest BCUT2D eigenvalue weighted by atomic mass is 10.2. The molecule has 112 valence electrons. The number of nitrogen functional groups attached to an aromatic ring is 1. The minimum atomic E-state index is -2.32. The van der Waals surface area contributed by atoms with Gasteiger partial charge in [0.2, 0.25) is 5.82 Å². The van der Waals surface area contributed by atoms with Crippen molar-refractivity contribution >= 4 is 17.3 Å². The van der Waals surface area contributed by atoms with Gasteiger partial charge in [-0.15, -0.1) is 0 Å². The Balaban J connectivity index is 2.48. The summed E-state index contributed by atoms with van der Waals surface area (Å²) in [5, 5.41) is 5.20. The van der Waals surface area contributed by atoms with Crippen LogP contribution in [0, 0.1) is 29.1 Å². The number of anilines is 2. The molecule has 21 heavy (non-hydrogen) atoms. The molecule has 0 aliphatic carbocycles. The number of carbonyl (C=O) groups is 1. The minimum Gasteiger partial charge on any atom is -0.396 e. The first-order chi connectivity index (χ1) is 9.75. The lowest BCUT2D eigenvalue weighted by Gasteiger charge is -2.10. The zero-order valence-electron chi connectivity index (χ0n) is 10.3. The molecule has 10 heteroatoms. The summed E-state index contributed by atoms with van der Waals surface area (Å²) in [4.78, 5) is 11.8. The average molecular weight is 306 g/mol. The number of hydrogen-bond donors (Lipinski definition) is 2. The van der Waals surface area contributed by atoms with Crippen LogP contribution in [0.15, 0.2) is 6.20 Å². The van der Waals surface area contributed by atoms with Gasteiger partial charge in [0.1, 0.15) is 11.4 Å². The molecule has 2 aromatic rings. The number of halogens is 5. The molecular formula is C11H7F5N4O. The number of nitrogens with two attached hydrogens (primary N) is 1. The number of aryl methyl sites for hydroxylation is 1. The maximum atomic E-state index is 13.4. The number of aromatic nitrogens is 2. The van der Waals surface area contributed by atoms with Gasteiger partial charge in [0, 0.05) is 7.05 Å². The Kier molecular flexibility index (Phi) is 3.54. The second kappa shape index (κ2) is 5.04. The van der Waals surface area contributed by atoms with E-state index in [1.54, 1.807) is 5.32 Å². The topological polar surface area (TPSA) is 72.9 Å². The number of nitrogens with zero attached hydrogens (tertiary/aromatic N) is 2. The third-order valence-corrected chi connectivity index (χ3v) is 2.63. The average Bonchev–Trinajstić information content (AvgIpc) is 2.78. The van der Waals surface area contributed by atoms with Crippen molar-refractivity contribution in [1.82, 2.24) is 9.78 Å². The van der Waals surface area contributed by atoms with Gasteiger partial charge in [-0.25, -0.2) is 22.0 Å². The number of amides is 1. The molecule has 0 radical (unpaired) electrons. The first-order valence-electron chi connectivity index (χ1n) is 5.36. The third kappa shape index (κ3) is 2.28. The lowest BCUT2D eigenvalue weighted by Crippen LogP contribution is -2.20. The van der Waals surface area contributed by atoms with Crippen LogP contribution in [0.3, 0.4) is 0 Å². The quantitative estimate of drug-likeness (QED) is 0.506. The number of rotatable bonds is 2. The van der Waals surface area contributed by atoms with Crippen LogP contribution in [0.1, 0.15) is 10.5 Å². The first kappa shape index (κ1) is 14.8. The van der Waals surface area contributed by atoms with Crippen molar-refractivity contribution in [3.8, 4) is 0 Å². The van der Waals surface area contributed by atoms with E-state index in [0.717, 1.165) is 10.9 Å². The Bertz CT molecular complexity index is 694. The van der Waals surface area contributed by atoms with Gasteiger partial charge in [0.05, 0.1) is 11.9 Å². The molecule has 0 saturated carbocycles. The molecule has 0 spiro atoms. The largest absolute Gasteiger partial charge is 0.396 e. The third-order valence-electron chi connectivity index (χ3n) is 2.63. The Hall–Kier alpha value is -2.65. The molecule has 0 bridgehead atoms. The molecule has 0 aliphatic heterocycles. The van der Waals surface area contributed by atoms with Crippen LogP contribution in [0.25, 0.3) is 0 Å². The smallest absolute Gasteiger partial charge is 0.276 e. The highest BCUT2D eigenvalue weighted by atomic mass is 19.2. The fourth-order valence-electron chi connectivity index (χ4n) is 1.62.